The molecule has 0 atom stereocenters. The van der Waals surface area contributed by atoms with Gasteiger partial charge in [-0.15, -0.1) is 0 Å². The fourth-order valence-corrected chi connectivity index (χ4v) is 4.04. The van der Waals surface area contributed by atoms with Crippen LogP contribution in [0.5, 0.6) is 5.75 Å². The number of carboxylic acid groups (broad SMARTS) is 1. The molecule has 0 aliphatic heterocycles. The zero-order valence-electron chi connectivity index (χ0n) is 17.8. The largest absolute Gasteiger partial charge is 0.495 e. The van der Waals surface area contributed by atoms with Gasteiger partial charge >= 0.3 is 11.7 Å². The van der Waals surface area contributed by atoms with Gasteiger partial charge in [0, 0.05) is 18.8 Å². The third-order valence-electron chi connectivity index (χ3n) is 5.54. The minimum atomic E-state index is -1.29. The van der Waals surface area contributed by atoms with E-state index in [1.807, 2.05) is 59.2 Å². The van der Waals surface area contributed by atoms with E-state index in [1.165, 1.54) is 11.6 Å². The van der Waals surface area contributed by atoms with Crippen molar-refractivity contribution in [3.05, 3.63) is 81.6 Å². The van der Waals surface area contributed by atoms with Gasteiger partial charge in [0.1, 0.15) is 12.3 Å². The number of aliphatic carboxylic acids is 1. The Bertz CT molecular complexity index is 1660. The van der Waals surface area contributed by atoms with E-state index in [9.17, 15) is 19.5 Å². The van der Waals surface area contributed by atoms with Crippen LogP contribution in [0.25, 0.3) is 33.9 Å². The molecule has 5 rings (SSSR count). The summed E-state index contributed by atoms with van der Waals surface area (Å²) in [6, 6.07) is 17.0. The minimum absolute atomic E-state index is 0.110. The molecule has 2 aromatic carbocycles. The summed E-state index contributed by atoms with van der Waals surface area (Å²) in [7, 11) is 3.03. The smallest absolute Gasteiger partial charge is 0.333 e. The summed E-state index contributed by atoms with van der Waals surface area (Å²) in [4.78, 5) is 41.8. The maximum atomic E-state index is 13.2. The molecule has 0 aliphatic carbocycles. The molecule has 166 valence electrons. The summed E-state index contributed by atoms with van der Waals surface area (Å²) in [6.07, 6.45) is 1.75. The van der Waals surface area contributed by atoms with Gasteiger partial charge in [0.25, 0.3) is 5.56 Å². The highest BCUT2D eigenvalue weighted by Crippen LogP contribution is 2.32. The highest BCUT2D eigenvalue weighted by atomic mass is 16.5. The van der Waals surface area contributed by atoms with E-state index in [2.05, 4.69) is 4.98 Å². The monoisotopic (exact) mass is 445 g/mol. The molecule has 3 heterocycles. The predicted octanol–water partition coefficient (Wildman–Crippen LogP) is 1.90. The van der Waals surface area contributed by atoms with Crippen molar-refractivity contribution in [3.8, 4) is 22.7 Å². The zero-order valence-corrected chi connectivity index (χ0v) is 17.8. The van der Waals surface area contributed by atoms with Gasteiger partial charge in [0.2, 0.25) is 5.78 Å². The number of methoxy groups -OCH3 is 1. The summed E-state index contributed by atoms with van der Waals surface area (Å²) >= 11 is 0. The van der Waals surface area contributed by atoms with E-state index in [-0.39, 0.29) is 11.2 Å². The number of rotatable bonds is 5. The van der Waals surface area contributed by atoms with Crippen molar-refractivity contribution < 1.29 is 14.6 Å². The highest BCUT2D eigenvalue weighted by molar-refractivity contribution is 5.80. The molecule has 0 aliphatic rings. The number of aryl methyl sites for hydroxylation is 1. The first-order chi connectivity index (χ1) is 15.9. The quantitative estimate of drug-likeness (QED) is 0.442. The summed E-state index contributed by atoms with van der Waals surface area (Å²) in [5, 5.41) is 9.20. The fraction of sp³-hybridized carbons (Fsp3) is 0.130. The minimum Gasteiger partial charge on any atom is -0.495 e. The summed E-state index contributed by atoms with van der Waals surface area (Å²) in [5.74, 6) is -0.309. The Morgan fingerprint density at radius 3 is 2.45 bits per heavy atom. The molecule has 1 N–H and O–H groups in total. The fourth-order valence-electron chi connectivity index (χ4n) is 4.04. The lowest BCUT2D eigenvalue weighted by Gasteiger charge is -2.13. The first kappa shape index (κ1) is 20.3. The van der Waals surface area contributed by atoms with Crippen LogP contribution in [-0.4, -0.2) is 41.3 Å². The predicted molar refractivity (Wildman–Crippen MR) is 121 cm³/mol. The molecule has 0 spiro atoms. The van der Waals surface area contributed by atoms with Gasteiger partial charge in [0.15, 0.2) is 11.2 Å². The number of carboxylic acids is 1. The van der Waals surface area contributed by atoms with Crippen LogP contribution in [0.2, 0.25) is 0 Å². The van der Waals surface area contributed by atoms with Crippen molar-refractivity contribution in [1.82, 2.24) is 23.1 Å². The number of para-hydroxylation sites is 2. The Hall–Kier alpha value is -4.60. The average molecular weight is 445 g/mol. The highest BCUT2D eigenvalue weighted by Gasteiger charge is 2.24. The van der Waals surface area contributed by atoms with Crippen molar-refractivity contribution >= 4 is 22.9 Å². The number of carbonyl (C=O) groups is 1. The van der Waals surface area contributed by atoms with Gasteiger partial charge in [-0.3, -0.25) is 23.1 Å². The van der Waals surface area contributed by atoms with Crippen LogP contribution in [0.3, 0.4) is 0 Å². The maximum Gasteiger partial charge on any atom is 0.333 e. The van der Waals surface area contributed by atoms with Crippen molar-refractivity contribution in [2.75, 3.05) is 7.11 Å². The van der Waals surface area contributed by atoms with Crippen LogP contribution < -0.4 is 16.0 Å². The standard InChI is InChI=1S/C23H19N5O5/c1-25-20-19(21(31)27(23(25)32)13-18(29)30)26-12-16(14-8-4-3-5-9-14)28(22(26)24-20)15-10-6-7-11-17(15)33-2/h3-12H,13H2,1-2H3,(H,29,30). The SMILES string of the molecule is COc1ccccc1-n1c(-c2ccccc2)cn2c3c(=O)n(CC(=O)O)c(=O)n(C)c3nc12. The Labute approximate surface area is 186 Å². The van der Waals surface area contributed by atoms with Crippen molar-refractivity contribution in [2.24, 2.45) is 7.05 Å². The van der Waals surface area contributed by atoms with E-state index < -0.39 is 23.8 Å². The van der Waals surface area contributed by atoms with Gasteiger partial charge in [-0.05, 0) is 12.1 Å². The van der Waals surface area contributed by atoms with Crippen molar-refractivity contribution in [1.29, 1.82) is 0 Å². The summed E-state index contributed by atoms with van der Waals surface area (Å²) < 4.78 is 10.9. The molecule has 3 aromatic heterocycles. The molecule has 0 bridgehead atoms. The normalized spacial score (nSPS) is 11.3. The van der Waals surface area contributed by atoms with E-state index in [0.717, 1.165) is 11.3 Å². The topological polar surface area (TPSA) is 113 Å². The van der Waals surface area contributed by atoms with Gasteiger partial charge in [-0.1, -0.05) is 42.5 Å². The van der Waals surface area contributed by atoms with Crippen LogP contribution in [0.15, 0.2) is 70.4 Å². The van der Waals surface area contributed by atoms with Crippen LogP contribution >= 0.6 is 0 Å². The van der Waals surface area contributed by atoms with Gasteiger partial charge < -0.3 is 9.84 Å². The molecule has 0 saturated carbocycles. The van der Waals surface area contributed by atoms with Crippen LogP contribution in [0, 0.1) is 0 Å². The first-order valence-electron chi connectivity index (χ1n) is 10.1. The number of nitrogens with zero attached hydrogens (tertiary/aromatic N) is 5. The molecule has 0 amide bonds. The number of hydrogen-bond donors (Lipinski definition) is 1. The third kappa shape index (κ3) is 3.03. The Balaban J connectivity index is 1.96. The molecule has 0 fully saturated rings. The van der Waals surface area contributed by atoms with Gasteiger partial charge in [0.05, 0.1) is 18.5 Å². The number of aromatic nitrogens is 5. The molecule has 0 unspecified atom stereocenters. The Morgan fingerprint density at radius 2 is 1.76 bits per heavy atom. The lowest BCUT2D eigenvalue weighted by atomic mass is 10.1. The van der Waals surface area contributed by atoms with Crippen LogP contribution in [-0.2, 0) is 18.4 Å². The van der Waals surface area contributed by atoms with Crippen molar-refractivity contribution in [3.63, 3.8) is 0 Å². The number of benzene rings is 2. The molecule has 0 radical (unpaired) electrons. The second-order valence-electron chi connectivity index (χ2n) is 7.47. The number of fused-ring (bicyclic) bond motifs is 3. The van der Waals surface area contributed by atoms with Crippen LogP contribution in [0.1, 0.15) is 0 Å². The van der Waals surface area contributed by atoms with E-state index in [0.29, 0.717) is 21.8 Å². The van der Waals surface area contributed by atoms with E-state index >= 15 is 0 Å². The summed E-state index contributed by atoms with van der Waals surface area (Å²) in [6.45, 7) is -0.743. The van der Waals surface area contributed by atoms with Crippen molar-refractivity contribution in [2.45, 2.75) is 6.54 Å². The number of imidazole rings is 2. The second kappa shape index (κ2) is 7.52. The van der Waals surface area contributed by atoms with E-state index in [4.69, 9.17) is 4.74 Å². The molecule has 10 heteroatoms. The lowest BCUT2D eigenvalue weighted by Crippen LogP contribution is -2.41. The third-order valence-corrected chi connectivity index (χ3v) is 5.54. The Kier molecular flexibility index (Phi) is 4.63. The maximum absolute atomic E-state index is 13.2. The molecule has 0 saturated heterocycles. The van der Waals surface area contributed by atoms with Gasteiger partial charge in [-0.2, -0.15) is 4.98 Å². The zero-order chi connectivity index (χ0) is 23.3. The average Bonchev–Trinajstić information content (AvgIpc) is 3.37. The number of hydrogen-bond acceptors (Lipinski definition) is 5. The Morgan fingerprint density at radius 1 is 1.06 bits per heavy atom. The molecule has 33 heavy (non-hydrogen) atoms. The lowest BCUT2D eigenvalue weighted by molar-refractivity contribution is -0.137. The van der Waals surface area contributed by atoms with Crippen LogP contribution in [0.4, 0.5) is 0 Å². The van der Waals surface area contributed by atoms with Gasteiger partial charge in [-0.25, -0.2) is 9.36 Å². The molecular formula is C23H19N5O5. The van der Waals surface area contributed by atoms with E-state index in [1.54, 1.807) is 17.7 Å². The second-order valence-corrected chi connectivity index (χ2v) is 7.47. The molecule has 5 aromatic rings. The first-order valence-corrected chi connectivity index (χ1v) is 10.1. The molecule has 10 nitrogen and oxygen atoms in total. The summed E-state index contributed by atoms with van der Waals surface area (Å²) in [5.41, 5.74) is 1.10. The molecular weight excluding hydrogens is 426 g/mol. The number of ether oxygens (including phenoxy) is 1.